The molecule has 0 aromatic heterocycles. The average molecular weight is 361 g/mol. The summed E-state index contributed by atoms with van der Waals surface area (Å²) in [4.78, 5) is 9.82. The van der Waals surface area contributed by atoms with Crippen molar-refractivity contribution in [1.29, 1.82) is 0 Å². The van der Waals surface area contributed by atoms with Crippen molar-refractivity contribution in [2.24, 2.45) is 0 Å². The third-order valence-corrected chi connectivity index (χ3v) is 0.348. The second kappa shape index (κ2) is 13.6. The molecule has 0 amide bonds. The summed E-state index contributed by atoms with van der Waals surface area (Å²) in [5.74, 6) is -0.211. The molecule has 0 spiro atoms. The second-order valence-corrected chi connectivity index (χ2v) is 7.01. The first kappa shape index (κ1) is 21.8. The highest BCUT2D eigenvalue weighted by atomic mass is 35.6. The van der Waals surface area contributed by atoms with Crippen molar-refractivity contribution in [2.45, 2.75) is 21.4 Å². The molecule has 0 aromatic carbocycles. The van der Waals surface area contributed by atoms with Crippen molar-refractivity contribution in [1.82, 2.24) is 0 Å². The molecule has 9 heteroatoms. The minimum absolute atomic E-state index is 0.211. The minimum Gasteiger partial charge on any atom is -0.466 e. The van der Waals surface area contributed by atoms with Crippen LogP contribution in [0.2, 0.25) is 0 Å². The second-order valence-electron chi connectivity index (χ2n) is 1.60. The van der Waals surface area contributed by atoms with Crippen LogP contribution in [0, 0.1) is 0 Å². The van der Waals surface area contributed by atoms with Gasteiger partial charge in [-0.25, -0.2) is 0 Å². The molecule has 0 unspecified atom stereocenters. The fourth-order valence-electron chi connectivity index (χ4n) is 0.203. The maximum absolute atomic E-state index is 9.82. The Hall–Kier alpha value is 1.50. The van der Waals surface area contributed by atoms with Gasteiger partial charge in [-0.1, -0.05) is 81.2 Å². The fraction of sp³-hybridized carbons (Fsp3) is 0.833. The number of hydrogen-bond acceptors (Lipinski definition) is 2. The molecule has 0 rings (SSSR count). The summed E-state index contributed by atoms with van der Waals surface area (Å²) in [6.07, 6.45) is 0. The van der Waals surface area contributed by atoms with Gasteiger partial charge in [0.25, 0.3) is 3.25 Å². The molecule has 0 saturated heterocycles. The normalized spacial score (nSPS) is 9.47. The van der Waals surface area contributed by atoms with Crippen LogP contribution in [-0.4, -0.2) is 20.1 Å². The smallest absolute Gasteiger partial charge is 0.302 e. The maximum atomic E-state index is 9.82. The third kappa shape index (κ3) is 140. The van der Waals surface area contributed by atoms with Gasteiger partial charge in [0.1, 0.15) is 0 Å². The van der Waals surface area contributed by atoms with Gasteiger partial charge < -0.3 is 4.74 Å². The number of esters is 1. The zero-order valence-electron chi connectivity index (χ0n) is 7.75. The number of ether oxygens (including phenoxy) is 1. The van der Waals surface area contributed by atoms with Crippen molar-refractivity contribution < 1.29 is 9.53 Å². The molecule has 0 bridgehead atoms. The summed E-state index contributed by atoms with van der Waals surface area (Å²) >= 11 is 33.7. The zero-order chi connectivity index (χ0) is 13.1. The SMILES string of the molecule is CCOC(C)=O.ClC(Cl)(Cl)Cl.ClC(Cl)Cl. The fourth-order valence-corrected chi connectivity index (χ4v) is 0.203. The van der Waals surface area contributed by atoms with Crippen LogP contribution in [0.3, 0.4) is 0 Å². The first-order valence-electron chi connectivity index (χ1n) is 3.31. The number of carbonyl (C=O) groups is 1. The van der Waals surface area contributed by atoms with Crippen LogP contribution in [0.4, 0.5) is 0 Å². The van der Waals surface area contributed by atoms with Gasteiger partial charge in [0.15, 0.2) is 4.30 Å². The molecule has 0 saturated carbocycles. The third-order valence-electron chi connectivity index (χ3n) is 0.348. The van der Waals surface area contributed by atoms with E-state index in [1.54, 1.807) is 6.92 Å². The van der Waals surface area contributed by atoms with E-state index in [9.17, 15) is 4.79 Å². The van der Waals surface area contributed by atoms with Crippen LogP contribution >= 0.6 is 81.2 Å². The molecule has 0 aliphatic heterocycles. The molecule has 0 fully saturated rings. The summed E-state index contributed by atoms with van der Waals surface area (Å²) in [5.41, 5.74) is 0. The van der Waals surface area contributed by atoms with Crippen molar-refractivity contribution in [3.8, 4) is 0 Å². The Morgan fingerprint density at radius 2 is 1.40 bits per heavy atom. The van der Waals surface area contributed by atoms with E-state index in [1.807, 2.05) is 0 Å². The highest BCUT2D eigenvalue weighted by Crippen LogP contribution is 2.29. The zero-order valence-corrected chi connectivity index (χ0v) is 13.0. The summed E-state index contributed by atoms with van der Waals surface area (Å²) in [7, 11) is 0. The summed E-state index contributed by atoms with van der Waals surface area (Å²) < 4.78 is 2.04. The van der Waals surface area contributed by atoms with E-state index in [0.29, 0.717) is 6.61 Å². The highest BCUT2D eigenvalue weighted by molar-refractivity contribution is 6.83. The van der Waals surface area contributed by atoms with Crippen molar-refractivity contribution in [2.75, 3.05) is 6.61 Å². The van der Waals surface area contributed by atoms with E-state index in [2.05, 4.69) is 4.74 Å². The standard InChI is InChI=1S/C4H8O2.CCl4.CHCl3/c1-3-6-4(2)5;2-1(3,4)5;2-1(3)4/h3H2,1-2H3;;1H. The van der Waals surface area contributed by atoms with E-state index in [0.717, 1.165) is 0 Å². The number of halogens is 7. The van der Waals surface area contributed by atoms with Gasteiger partial charge in [0.2, 0.25) is 0 Å². The predicted octanol–water partition coefficient (Wildman–Crippen LogP) is 5.11. The summed E-state index contributed by atoms with van der Waals surface area (Å²) in [5, 5.41) is 0. The first-order valence-corrected chi connectivity index (χ1v) is 6.14. The molecule has 15 heavy (non-hydrogen) atoms. The molecule has 0 N–H and O–H groups in total. The van der Waals surface area contributed by atoms with E-state index >= 15 is 0 Å². The minimum atomic E-state index is -1.61. The van der Waals surface area contributed by atoms with Crippen molar-refractivity contribution in [3.63, 3.8) is 0 Å². The molecule has 0 aliphatic rings. The first-order chi connectivity index (χ1) is 6.50. The Kier molecular flexibility index (Phi) is 19.7. The molecule has 0 aliphatic carbocycles. The largest absolute Gasteiger partial charge is 0.466 e. The van der Waals surface area contributed by atoms with Crippen LogP contribution < -0.4 is 0 Å². The van der Waals surface area contributed by atoms with Gasteiger partial charge >= 0.3 is 5.97 Å². The molecule has 0 atom stereocenters. The van der Waals surface area contributed by atoms with Gasteiger partial charge in [-0.15, -0.1) is 0 Å². The van der Waals surface area contributed by atoms with Gasteiger partial charge in [0.05, 0.1) is 6.61 Å². The van der Waals surface area contributed by atoms with Crippen LogP contribution in [0.5, 0.6) is 0 Å². The van der Waals surface area contributed by atoms with Gasteiger partial charge in [-0.3, -0.25) is 4.79 Å². The van der Waals surface area contributed by atoms with Crippen LogP contribution in [-0.2, 0) is 9.53 Å². The van der Waals surface area contributed by atoms with E-state index in [1.165, 1.54) is 6.92 Å². The molecule has 0 heterocycles. The molecule has 0 radical (unpaired) electrons. The van der Waals surface area contributed by atoms with Gasteiger partial charge in [-0.05, 0) is 6.92 Å². The summed E-state index contributed by atoms with van der Waals surface area (Å²) in [6.45, 7) is 3.65. The molecular formula is C6H9Cl7O2. The van der Waals surface area contributed by atoms with Crippen LogP contribution in [0.15, 0.2) is 0 Å². The highest BCUT2D eigenvalue weighted by Gasteiger charge is 2.11. The van der Waals surface area contributed by atoms with Gasteiger partial charge in [0, 0.05) is 6.92 Å². The Bertz CT molecular complexity index is 136. The monoisotopic (exact) mass is 358 g/mol. The lowest BCUT2D eigenvalue weighted by Crippen LogP contribution is -1.95. The van der Waals surface area contributed by atoms with E-state index in [-0.39, 0.29) is 5.97 Å². The lowest BCUT2D eigenvalue weighted by Gasteiger charge is -1.91. The lowest BCUT2D eigenvalue weighted by molar-refractivity contribution is -0.140. The number of hydrogen-bond donors (Lipinski definition) is 0. The Balaban J connectivity index is -0.000000147. The number of carbonyl (C=O) groups excluding carboxylic acids is 1. The molecule has 94 valence electrons. The Labute approximate surface area is 124 Å². The van der Waals surface area contributed by atoms with E-state index < -0.39 is 7.55 Å². The van der Waals surface area contributed by atoms with E-state index in [4.69, 9.17) is 81.2 Å². The topological polar surface area (TPSA) is 26.3 Å². The van der Waals surface area contributed by atoms with Crippen molar-refractivity contribution in [3.05, 3.63) is 0 Å². The quantitative estimate of drug-likeness (QED) is 0.479. The van der Waals surface area contributed by atoms with Crippen LogP contribution in [0.1, 0.15) is 13.8 Å². The maximum Gasteiger partial charge on any atom is 0.302 e. The predicted molar refractivity (Wildman–Crippen MR) is 69.8 cm³/mol. The van der Waals surface area contributed by atoms with Crippen molar-refractivity contribution >= 4 is 87.2 Å². The molecular weight excluding hydrogens is 352 g/mol. The van der Waals surface area contributed by atoms with Gasteiger partial charge in [-0.2, -0.15) is 0 Å². The molecule has 2 nitrogen and oxygen atoms in total. The number of rotatable bonds is 1. The average Bonchev–Trinajstić information content (AvgIpc) is 1.79. The lowest BCUT2D eigenvalue weighted by atomic mass is 10.8. The Morgan fingerprint density at radius 1 is 1.20 bits per heavy atom. The van der Waals surface area contributed by atoms with Crippen LogP contribution in [0.25, 0.3) is 0 Å². The Morgan fingerprint density at radius 3 is 1.40 bits per heavy atom. The number of alkyl halides is 7. The summed E-state index contributed by atoms with van der Waals surface area (Å²) in [6, 6.07) is 0. The molecule has 0 aromatic rings.